The van der Waals surface area contributed by atoms with Gasteiger partial charge in [-0.05, 0) is 33.5 Å². The summed E-state index contributed by atoms with van der Waals surface area (Å²) in [5, 5.41) is 3.54. The van der Waals surface area contributed by atoms with Crippen molar-refractivity contribution in [2.45, 2.75) is 46.1 Å². The number of unbranched alkanes of at least 4 members (excludes halogenated alkanes) is 2. The molecule has 0 aliphatic rings. The molecule has 80 valence electrons. The molecule has 0 aromatic carbocycles. The van der Waals surface area contributed by atoms with Crippen LogP contribution < -0.4 is 5.32 Å². The smallest absolute Gasteiger partial charge is 0.0166 e. The van der Waals surface area contributed by atoms with Gasteiger partial charge in [-0.2, -0.15) is 0 Å². The third-order valence-electron chi connectivity index (χ3n) is 2.40. The van der Waals surface area contributed by atoms with Crippen molar-refractivity contribution in [3.8, 4) is 0 Å². The van der Waals surface area contributed by atoms with E-state index in [0.717, 1.165) is 13.1 Å². The molecular formula is C11H26N2. The Balaban J connectivity index is 3.24. The lowest BCUT2D eigenvalue weighted by Crippen LogP contribution is -2.37. The summed E-state index contributed by atoms with van der Waals surface area (Å²) in [6.45, 7) is 10.2. The maximum Gasteiger partial charge on any atom is 0.0166 e. The fourth-order valence-corrected chi connectivity index (χ4v) is 1.38. The molecule has 0 saturated heterocycles. The Morgan fingerprint density at radius 1 is 1.23 bits per heavy atom. The minimum absolute atomic E-state index is 0.627. The van der Waals surface area contributed by atoms with E-state index in [1.54, 1.807) is 0 Å². The largest absolute Gasteiger partial charge is 0.313 e. The highest BCUT2D eigenvalue weighted by Crippen LogP contribution is 1.93. The zero-order valence-corrected chi connectivity index (χ0v) is 9.77. The summed E-state index contributed by atoms with van der Waals surface area (Å²) in [5.41, 5.74) is 0. The van der Waals surface area contributed by atoms with Crippen molar-refractivity contribution in [2.75, 3.05) is 26.7 Å². The second-order valence-corrected chi connectivity index (χ2v) is 3.92. The first kappa shape index (κ1) is 12.9. The number of rotatable bonds is 8. The Labute approximate surface area is 83.7 Å². The van der Waals surface area contributed by atoms with Crippen LogP contribution in [-0.2, 0) is 0 Å². The van der Waals surface area contributed by atoms with Crippen LogP contribution >= 0.6 is 0 Å². The van der Waals surface area contributed by atoms with Gasteiger partial charge < -0.3 is 10.2 Å². The van der Waals surface area contributed by atoms with E-state index < -0.39 is 0 Å². The van der Waals surface area contributed by atoms with Crippen molar-refractivity contribution in [1.29, 1.82) is 0 Å². The molecule has 0 rings (SSSR count). The molecule has 0 aromatic rings. The van der Waals surface area contributed by atoms with E-state index in [0.29, 0.717) is 6.04 Å². The predicted molar refractivity (Wildman–Crippen MR) is 60.2 cm³/mol. The molecular weight excluding hydrogens is 160 g/mol. The lowest BCUT2D eigenvalue weighted by Gasteiger charge is -2.20. The Bertz CT molecular complexity index is 104. The van der Waals surface area contributed by atoms with Crippen molar-refractivity contribution in [2.24, 2.45) is 0 Å². The highest BCUT2D eigenvalue weighted by molar-refractivity contribution is 4.64. The average Bonchev–Trinajstić information content (AvgIpc) is 2.12. The normalized spacial score (nSPS) is 13.6. The van der Waals surface area contributed by atoms with Gasteiger partial charge >= 0.3 is 0 Å². The first-order valence-electron chi connectivity index (χ1n) is 5.62. The molecule has 0 heterocycles. The highest BCUT2D eigenvalue weighted by Gasteiger charge is 2.02. The van der Waals surface area contributed by atoms with Crippen LogP contribution in [0.25, 0.3) is 0 Å². The van der Waals surface area contributed by atoms with Crippen LogP contribution in [0, 0.1) is 0 Å². The second kappa shape index (κ2) is 8.52. The Hall–Kier alpha value is -0.0800. The van der Waals surface area contributed by atoms with E-state index in [1.807, 2.05) is 0 Å². The molecule has 1 atom stereocenters. The quantitative estimate of drug-likeness (QED) is 0.584. The van der Waals surface area contributed by atoms with Crippen molar-refractivity contribution in [3.63, 3.8) is 0 Å². The van der Waals surface area contributed by atoms with Crippen LogP contribution in [0.2, 0.25) is 0 Å². The van der Waals surface area contributed by atoms with Crippen molar-refractivity contribution in [3.05, 3.63) is 0 Å². The monoisotopic (exact) mass is 186 g/mol. The molecule has 0 aliphatic heterocycles. The molecule has 0 saturated carbocycles. The highest BCUT2D eigenvalue weighted by atomic mass is 15.1. The van der Waals surface area contributed by atoms with E-state index in [2.05, 4.69) is 38.0 Å². The van der Waals surface area contributed by atoms with Gasteiger partial charge in [0.2, 0.25) is 0 Å². The predicted octanol–water partition coefficient (Wildman–Crippen LogP) is 2.11. The Morgan fingerprint density at radius 2 is 1.92 bits per heavy atom. The van der Waals surface area contributed by atoms with E-state index >= 15 is 0 Å². The summed E-state index contributed by atoms with van der Waals surface area (Å²) in [6, 6.07) is 0.627. The lowest BCUT2D eigenvalue weighted by molar-refractivity contribution is 0.309. The molecule has 0 aliphatic carbocycles. The van der Waals surface area contributed by atoms with Gasteiger partial charge in [0.15, 0.2) is 0 Å². The van der Waals surface area contributed by atoms with E-state index in [-0.39, 0.29) is 0 Å². The summed E-state index contributed by atoms with van der Waals surface area (Å²) in [4.78, 5) is 2.34. The molecule has 0 bridgehead atoms. The molecule has 0 radical (unpaired) electrons. The minimum Gasteiger partial charge on any atom is -0.313 e. The van der Waals surface area contributed by atoms with Crippen LogP contribution in [0.4, 0.5) is 0 Å². The molecule has 1 N–H and O–H groups in total. The number of hydrogen-bond donors (Lipinski definition) is 1. The van der Waals surface area contributed by atoms with E-state index in [1.165, 1.54) is 25.8 Å². The molecule has 0 spiro atoms. The maximum absolute atomic E-state index is 3.54. The van der Waals surface area contributed by atoms with E-state index in [9.17, 15) is 0 Å². The first-order valence-corrected chi connectivity index (χ1v) is 5.62. The zero-order valence-electron chi connectivity index (χ0n) is 9.77. The van der Waals surface area contributed by atoms with Crippen LogP contribution in [-0.4, -0.2) is 37.6 Å². The van der Waals surface area contributed by atoms with E-state index in [4.69, 9.17) is 0 Å². The average molecular weight is 186 g/mol. The molecule has 2 nitrogen and oxygen atoms in total. The van der Waals surface area contributed by atoms with Gasteiger partial charge in [0, 0.05) is 12.6 Å². The van der Waals surface area contributed by atoms with Gasteiger partial charge in [-0.15, -0.1) is 0 Å². The molecule has 2 heteroatoms. The SMILES string of the molecule is CCCCCNC(C)CN(C)CC. The standard InChI is InChI=1S/C11H26N2/c1-5-7-8-9-12-11(3)10-13(4)6-2/h11-12H,5-10H2,1-4H3. The second-order valence-electron chi connectivity index (χ2n) is 3.92. The number of nitrogens with one attached hydrogen (secondary N) is 1. The summed E-state index contributed by atoms with van der Waals surface area (Å²) < 4.78 is 0. The van der Waals surface area contributed by atoms with Crippen LogP contribution in [0.1, 0.15) is 40.0 Å². The van der Waals surface area contributed by atoms with Gasteiger partial charge in [-0.1, -0.05) is 26.7 Å². The van der Waals surface area contributed by atoms with Crippen LogP contribution in [0.5, 0.6) is 0 Å². The number of nitrogens with zero attached hydrogens (tertiary/aromatic N) is 1. The summed E-state index contributed by atoms with van der Waals surface area (Å²) >= 11 is 0. The molecule has 0 amide bonds. The Kier molecular flexibility index (Phi) is 8.46. The summed E-state index contributed by atoms with van der Waals surface area (Å²) in [6.07, 6.45) is 3.98. The number of hydrogen-bond acceptors (Lipinski definition) is 2. The lowest BCUT2D eigenvalue weighted by atomic mass is 10.2. The van der Waals surface area contributed by atoms with Gasteiger partial charge in [0.1, 0.15) is 0 Å². The fourth-order valence-electron chi connectivity index (χ4n) is 1.38. The van der Waals surface area contributed by atoms with Crippen LogP contribution in [0.3, 0.4) is 0 Å². The Morgan fingerprint density at radius 3 is 2.46 bits per heavy atom. The summed E-state index contributed by atoms with van der Waals surface area (Å²) in [5.74, 6) is 0. The maximum atomic E-state index is 3.54. The zero-order chi connectivity index (χ0) is 10.1. The fraction of sp³-hybridized carbons (Fsp3) is 1.00. The van der Waals surface area contributed by atoms with Gasteiger partial charge in [-0.25, -0.2) is 0 Å². The molecule has 13 heavy (non-hydrogen) atoms. The molecule has 1 unspecified atom stereocenters. The van der Waals surface area contributed by atoms with Gasteiger partial charge in [-0.3, -0.25) is 0 Å². The van der Waals surface area contributed by atoms with Gasteiger partial charge in [0.05, 0.1) is 0 Å². The van der Waals surface area contributed by atoms with Crippen molar-refractivity contribution in [1.82, 2.24) is 10.2 Å². The van der Waals surface area contributed by atoms with Crippen molar-refractivity contribution < 1.29 is 0 Å². The van der Waals surface area contributed by atoms with Crippen LogP contribution in [0.15, 0.2) is 0 Å². The third-order valence-corrected chi connectivity index (χ3v) is 2.40. The number of likely N-dealkylation sites (N-methyl/N-ethyl adjacent to an activating group) is 1. The minimum atomic E-state index is 0.627. The topological polar surface area (TPSA) is 15.3 Å². The molecule has 0 fully saturated rings. The molecule has 0 aromatic heterocycles. The summed E-state index contributed by atoms with van der Waals surface area (Å²) in [7, 11) is 2.17. The van der Waals surface area contributed by atoms with Crippen molar-refractivity contribution >= 4 is 0 Å². The van der Waals surface area contributed by atoms with Gasteiger partial charge in [0.25, 0.3) is 0 Å². The third kappa shape index (κ3) is 8.26. The first-order chi connectivity index (χ1) is 6.20.